The predicted octanol–water partition coefficient (Wildman–Crippen LogP) is 3.59. The van der Waals surface area contributed by atoms with Gasteiger partial charge in [-0.3, -0.25) is 14.5 Å². The first kappa shape index (κ1) is 22.7. The van der Waals surface area contributed by atoms with Crippen LogP contribution in [0, 0.1) is 0 Å². The van der Waals surface area contributed by atoms with Crippen molar-refractivity contribution in [3.63, 3.8) is 0 Å². The van der Waals surface area contributed by atoms with Crippen molar-refractivity contribution in [1.29, 1.82) is 0 Å². The lowest BCUT2D eigenvalue weighted by molar-refractivity contribution is -0.139. The number of hydrogen-bond acceptors (Lipinski definition) is 4. The zero-order chi connectivity index (χ0) is 23.8. The second-order valence-corrected chi connectivity index (χ2v) is 8.46. The number of amides is 4. The van der Waals surface area contributed by atoms with Crippen LogP contribution in [0.25, 0.3) is 0 Å². The number of benzene rings is 2. The van der Waals surface area contributed by atoms with E-state index in [0.29, 0.717) is 5.56 Å². The van der Waals surface area contributed by atoms with Gasteiger partial charge < -0.3 is 15.0 Å². The van der Waals surface area contributed by atoms with Gasteiger partial charge in [0.2, 0.25) is 5.91 Å². The van der Waals surface area contributed by atoms with E-state index in [1.54, 1.807) is 11.9 Å². The first-order chi connectivity index (χ1) is 15.7. The van der Waals surface area contributed by atoms with E-state index in [4.69, 9.17) is 0 Å². The molecule has 0 aromatic heterocycles. The molecule has 4 rings (SSSR count). The lowest BCUT2D eigenvalue weighted by atomic mass is 9.87. The lowest BCUT2D eigenvalue weighted by Gasteiger charge is -2.34. The number of rotatable bonds is 6. The predicted molar refractivity (Wildman–Crippen MR) is 116 cm³/mol. The second-order valence-electron chi connectivity index (χ2n) is 8.46. The molecule has 7 nitrogen and oxygen atoms in total. The van der Waals surface area contributed by atoms with Gasteiger partial charge in [-0.2, -0.15) is 8.78 Å². The van der Waals surface area contributed by atoms with Gasteiger partial charge in [0, 0.05) is 7.05 Å². The van der Waals surface area contributed by atoms with Crippen molar-refractivity contribution in [2.75, 3.05) is 13.6 Å². The fourth-order valence-electron chi connectivity index (χ4n) is 4.56. The molecule has 1 aliphatic heterocycles. The summed E-state index contributed by atoms with van der Waals surface area (Å²) in [6.07, 6.45) is 2.72. The molecule has 33 heavy (non-hydrogen) atoms. The summed E-state index contributed by atoms with van der Waals surface area (Å²) in [5.74, 6) is -0.985. The Morgan fingerprint density at radius 2 is 1.91 bits per heavy atom. The second kappa shape index (κ2) is 8.80. The highest BCUT2D eigenvalue weighted by molar-refractivity contribution is 6.09. The molecule has 0 unspecified atom stereocenters. The fraction of sp³-hybridized carbons (Fsp3) is 0.375. The highest BCUT2D eigenvalue weighted by Gasteiger charge is 2.49. The van der Waals surface area contributed by atoms with E-state index in [1.165, 1.54) is 36.8 Å². The Morgan fingerprint density at radius 3 is 2.61 bits per heavy atom. The molecule has 1 aliphatic carbocycles. The SMILES string of the molecule is CN(C(=O)CN1C(=O)N[C@](C)(c2ccc(OC(F)F)cc2)C1=O)[C@@H]1CCCc2ccccc21. The van der Waals surface area contributed by atoms with Crippen molar-refractivity contribution in [3.8, 4) is 5.75 Å². The number of ether oxygens (including phenoxy) is 1. The van der Waals surface area contributed by atoms with E-state index < -0.39 is 24.1 Å². The van der Waals surface area contributed by atoms with Gasteiger partial charge in [-0.15, -0.1) is 0 Å². The van der Waals surface area contributed by atoms with Crippen molar-refractivity contribution in [1.82, 2.24) is 15.1 Å². The molecule has 174 valence electrons. The van der Waals surface area contributed by atoms with Crippen LogP contribution in [0.5, 0.6) is 5.75 Å². The molecule has 0 saturated carbocycles. The number of carbonyl (C=O) groups excluding carboxylic acids is 3. The van der Waals surface area contributed by atoms with Gasteiger partial charge in [0.05, 0.1) is 6.04 Å². The summed E-state index contributed by atoms with van der Waals surface area (Å²) in [7, 11) is 1.69. The smallest absolute Gasteiger partial charge is 0.387 e. The first-order valence-electron chi connectivity index (χ1n) is 10.7. The molecule has 0 bridgehead atoms. The molecule has 2 aromatic rings. The minimum absolute atomic E-state index is 0.0597. The van der Waals surface area contributed by atoms with Gasteiger partial charge in [0.25, 0.3) is 5.91 Å². The lowest BCUT2D eigenvalue weighted by Crippen LogP contribution is -2.44. The standard InChI is InChI=1S/C24H25F2N3O4/c1-24(16-10-12-17(13-11-16)33-22(25)26)21(31)29(23(32)27-24)14-20(30)28(2)19-9-5-7-15-6-3-4-8-18(15)19/h3-4,6,8,10-13,19,22H,5,7,9,14H2,1-2H3,(H,27,32)/t19-,24-/m1/s1. The highest BCUT2D eigenvalue weighted by Crippen LogP contribution is 2.34. The van der Waals surface area contributed by atoms with Crippen molar-refractivity contribution >= 4 is 17.8 Å². The van der Waals surface area contributed by atoms with Crippen molar-refractivity contribution in [2.24, 2.45) is 0 Å². The molecule has 2 atom stereocenters. The Morgan fingerprint density at radius 1 is 1.21 bits per heavy atom. The van der Waals surface area contributed by atoms with E-state index >= 15 is 0 Å². The first-order valence-corrected chi connectivity index (χ1v) is 10.7. The van der Waals surface area contributed by atoms with Gasteiger partial charge in [-0.05, 0) is 55.0 Å². The Labute approximate surface area is 190 Å². The number of likely N-dealkylation sites (N-methyl/N-ethyl adjacent to an activating group) is 1. The number of fused-ring (bicyclic) bond motifs is 1. The molecular formula is C24H25F2N3O4. The zero-order valence-electron chi connectivity index (χ0n) is 18.4. The number of urea groups is 1. The van der Waals surface area contributed by atoms with E-state index in [-0.39, 0.29) is 24.2 Å². The van der Waals surface area contributed by atoms with Crippen LogP contribution in [0.3, 0.4) is 0 Å². The quantitative estimate of drug-likeness (QED) is 0.673. The van der Waals surface area contributed by atoms with Crippen LogP contribution in [-0.2, 0) is 21.5 Å². The van der Waals surface area contributed by atoms with Gasteiger partial charge in [0.1, 0.15) is 17.8 Å². The van der Waals surface area contributed by atoms with Gasteiger partial charge in [0.15, 0.2) is 0 Å². The Balaban J connectivity index is 1.48. The van der Waals surface area contributed by atoms with E-state index in [0.717, 1.165) is 29.7 Å². The number of carbonyl (C=O) groups is 3. The summed E-state index contributed by atoms with van der Waals surface area (Å²) in [6, 6.07) is 12.7. The van der Waals surface area contributed by atoms with Crippen LogP contribution in [0.2, 0.25) is 0 Å². The van der Waals surface area contributed by atoms with E-state index in [1.807, 2.05) is 18.2 Å². The Hall–Kier alpha value is -3.49. The molecule has 1 fully saturated rings. The van der Waals surface area contributed by atoms with Crippen LogP contribution < -0.4 is 10.1 Å². The van der Waals surface area contributed by atoms with E-state index in [2.05, 4.69) is 16.1 Å². The molecule has 1 N–H and O–H groups in total. The third-order valence-corrected chi connectivity index (χ3v) is 6.42. The number of aryl methyl sites for hydroxylation is 1. The number of halogens is 2. The summed E-state index contributed by atoms with van der Waals surface area (Å²) in [4.78, 5) is 41.3. The average Bonchev–Trinajstić information content (AvgIpc) is 3.02. The van der Waals surface area contributed by atoms with Crippen molar-refractivity contribution < 1.29 is 27.9 Å². The van der Waals surface area contributed by atoms with Gasteiger partial charge >= 0.3 is 12.6 Å². The molecule has 1 heterocycles. The van der Waals surface area contributed by atoms with E-state index in [9.17, 15) is 23.2 Å². The maximum absolute atomic E-state index is 13.2. The maximum Gasteiger partial charge on any atom is 0.387 e. The molecule has 0 spiro atoms. The third-order valence-electron chi connectivity index (χ3n) is 6.42. The number of imide groups is 1. The van der Waals surface area contributed by atoms with Crippen LogP contribution in [0.1, 0.15) is 42.5 Å². The molecule has 4 amide bonds. The minimum atomic E-state index is -2.96. The summed E-state index contributed by atoms with van der Waals surface area (Å²) in [5.41, 5.74) is 1.27. The summed E-state index contributed by atoms with van der Waals surface area (Å²) >= 11 is 0. The Bertz CT molecular complexity index is 1080. The Kier molecular flexibility index (Phi) is 6.05. The van der Waals surface area contributed by atoms with Crippen molar-refractivity contribution in [2.45, 2.75) is 44.4 Å². The van der Waals surface area contributed by atoms with Crippen LogP contribution in [0.4, 0.5) is 13.6 Å². The van der Waals surface area contributed by atoms with Gasteiger partial charge in [-0.25, -0.2) is 4.79 Å². The minimum Gasteiger partial charge on any atom is -0.435 e. The van der Waals surface area contributed by atoms with Crippen LogP contribution in [-0.4, -0.2) is 47.8 Å². The molecule has 0 radical (unpaired) electrons. The summed E-state index contributed by atoms with van der Waals surface area (Å²) in [6.45, 7) is -1.84. The fourth-order valence-corrected chi connectivity index (χ4v) is 4.56. The number of nitrogens with zero attached hydrogens (tertiary/aromatic N) is 2. The van der Waals surface area contributed by atoms with Crippen LogP contribution >= 0.6 is 0 Å². The molecule has 2 aliphatic rings. The van der Waals surface area contributed by atoms with Crippen molar-refractivity contribution in [3.05, 3.63) is 65.2 Å². The van der Waals surface area contributed by atoms with Gasteiger partial charge in [-0.1, -0.05) is 36.4 Å². The number of alkyl halides is 2. The molecule has 2 aromatic carbocycles. The summed E-state index contributed by atoms with van der Waals surface area (Å²) in [5, 5.41) is 2.62. The van der Waals surface area contributed by atoms with Crippen LogP contribution in [0.15, 0.2) is 48.5 Å². The number of hydrogen-bond donors (Lipinski definition) is 1. The number of nitrogens with one attached hydrogen (secondary N) is 1. The summed E-state index contributed by atoms with van der Waals surface area (Å²) < 4.78 is 29.1. The largest absolute Gasteiger partial charge is 0.435 e. The normalized spacial score (nSPS) is 22.2. The topological polar surface area (TPSA) is 79.0 Å². The third kappa shape index (κ3) is 4.27. The highest BCUT2D eigenvalue weighted by atomic mass is 19.3. The molecule has 9 heteroatoms. The molecule has 1 saturated heterocycles. The zero-order valence-corrected chi connectivity index (χ0v) is 18.4. The maximum atomic E-state index is 13.2. The monoisotopic (exact) mass is 457 g/mol. The molecular weight excluding hydrogens is 432 g/mol. The average molecular weight is 457 g/mol.